The van der Waals surface area contributed by atoms with Crippen molar-refractivity contribution >= 4 is 0 Å². The van der Waals surface area contributed by atoms with Crippen LogP contribution in [-0.2, 0) is 0 Å². The van der Waals surface area contributed by atoms with Crippen LogP contribution in [0.4, 0.5) is 26.3 Å². The SMILES string of the molecule is CCCCCC1CCC(c2cc(F)c(-c3cc(F)c(OC=C(F)F)c(F)c3)c(F)c2)CC1. The highest BCUT2D eigenvalue weighted by Crippen LogP contribution is 2.40. The molecule has 0 heterocycles. The molecule has 0 amide bonds. The summed E-state index contributed by atoms with van der Waals surface area (Å²) in [6.45, 7) is 2.17. The van der Waals surface area contributed by atoms with Gasteiger partial charge in [-0.25, -0.2) is 17.6 Å². The Bertz CT molecular complexity index is 913. The highest BCUT2D eigenvalue weighted by Gasteiger charge is 2.25. The molecule has 1 fully saturated rings. The molecule has 1 aliphatic carbocycles. The van der Waals surface area contributed by atoms with Gasteiger partial charge in [0.05, 0.1) is 5.56 Å². The molecular weight excluding hydrogens is 430 g/mol. The molecule has 0 spiro atoms. The highest BCUT2D eigenvalue weighted by atomic mass is 19.3. The lowest BCUT2D eigenvalue weighted by Gasteiger charge is -2.29. The zero-order valence-corrected chi connectivity index (χ0v) is 17.9. The third-order valence-corrected chi connectivity index (χ3v) is 6.15. The highest BCUT2D eigenvalue weighted by molar-refractivity contribution is 5.66. The zero-order valence-electron chi connectivity index (χ0n) is 17.9. The second kappa shape index (κ2) is 10.9. The summed E-state index contributed by atoms with van der Waals surface area (Å²) in [6, 6.07) is 3.76. The minimum atomic E-state index is -2.28. The fourth-order valence-electron chi connectivity index (χ4n) is 4.49. The topological polar surface area (TPSA) is 9.23 Å². The molecule has 0 aliphatic heterocycles. The summed E-state index contributed by atoms with van der Waals surface area (Å²) in [5, 5.41) is 0. The van der Waals surface area contributed by atoms with Gasteiger partial charge < -0.3 is 4.74 Å². The fourth-order valence-corrected chi connectivity index (χ4v) is 4.49. The third-order valence-electron chi connectivity index (χ3n) is 6.15. The average molecular weight is 456 g/mol. The Balaban J connectivity index is 1.78. The normalized spacial score (nSPS) is 18.5. The minimum Gasteiger partial charge on any atom is -0.453 e. The summed E-state index contributed by atoms with van der Waals surface area (Å²) >= 11 is 0. The van der Waals surface area contributed by atoms with E-state index in [9.17, 15) is 26.3 Å². The summed E-state index contributed by atoms with van der Waals surface area (Å²) in [5.41, 5.74) is -0.406. The fraction of sp³-hybridized carbons (Fsp3) is 0.440. The van der Waals surface area contributed by atoms with E-state index < -0.39 is 40.7 Å². The number of ether oxygens (including phenoxy) is 1. The molecule has 7 heteroatoms. The van der Waals surface area contributed by atoms with Gasteiger partial charge >= 0.3 is 6.08 Å². The van der Waals surface area contributed by atoms with Gasteiger partial charge in [-0.2, -0.15) is 8.78 Å². The number of rotatable bonds is 8. The largest absolute Gasteiger partial charge is 0.453 e. The molecular formula is C25H26F6O. The molecule has 0 N–H and O–H groups in total. The monoisotopic (exact) mass is 456 g/mol. The van der Waals surface area contributed by atoms with E-state index in [0.29, 0.717) is 23.6 Å². The maximum Gasteiger partial charge on any atom is 0.305 e. The number of hydrogen-bond acceptors (Lipinski definition) is 1. The van der Waals surface area contributed by atoms with Gasteiger partial charge in [-0.1, -0.05) is 32.6 Å². The number of hydrogen-bond donors (Lipinski definition) is 0. The van der Waals surface area contributed by atoms with Crippen LogP contribution in [-0.4, -0.2) is 0 Å². The Labute approximate surface area is 184 Å². The molecule has 0 aromatic heterocycles. The Kier molecular flexibility index (Phi) is 8.26. The molecule has 3 rings (SSSR count). The van der Waals surface area contributed by atoms with Gasteiger partial charge in [0.2, 0.25) is 0 Å². The van der Waals surface area contributed by atoms with Crippen LogP contribution in [0.1, 0.15) is 69.8 Å². The first kappa shape index (κ1) is 24.2. The van der Waals surface area contributed by atoms with E-state index >= 15 is 0 Å². The van der Waals surface area contributed by atoms with Crippen molar-refractivity contribution in [2.75, 3.05) is 0 Å². The number of halogens is 6. The van der Waals surface area contributed by atoms with Crippen molar-refractivity contribution in [1.29, 1.82) is 0 Å². The lowest BCUT2D eigenvalue weighted by atomic mass is 9.77. The zero-order chi connectivity index (χ0) is 23.3. The Morgan fingerprint density at radius 1 is 0.875 bits per heavy atom. The van der Waals surface area contributed by atoms with Gasteiger partial charge in [0.15, 0.2) is 23.6 Å². The Hall–Kier alpha value is -2.44. The molecule has 0 atom stereocenters. The van der Waals surface area contributed by atoms with E-state index in [-0.39, 0.29) is 17.7 Å². The predicted molar refractivity (Wildman–Crippen MR) is 111 cm³/mol. The van der Waals surface area contributed by atoms with Gasteiger partial charge in [0.25, 0.3) is 0 Å². The van der Waals surface area contributed by atoms with E-state index in [1.165, 1.54) is 37.8 Å². The Morgan fingerprint density at radius 2 is 1.47 bits per heavy atom. The number of benzene rings is 2. The minimum absolute atomic E-state index is 0.0436. The molecule has 0 unspecified atom stereocenters. The van der Waals surface area contributed by atoms with E-state index in [4.69, 9.17) is 0 Å². The van der Waals surface area contributed by atoms with Crippen molar-refractivity contribution in [2.24, 2.45) is 5.92 Å². The molecule has 0 bridgehead atoms. The van der Waals surface area contributed by atoms with Crippen molar-refractivity contribution in [3.63, 3.8) is 0 Å². The summed E-state index contributed by atoms with van der Waals surface area (Å²) < 4.78 is 86.4. The summed E-state index contributed by atoms with van der Waals surface area (Å²) in [4.78, 5) is 0. The van der Waals surface area contributed by atoms with Crippen molar-refractivity contribution in [3.8, 4) is 16.9 Å². The molecule has 2 aromatic carbocycles. The van der Waals surface area contributed by atoms with Crippen LogP contribution in [0.15, 0.2) is 36.6 Å². The molecule has 2 aromatic rings. The third kappa shape index (κ3) is 5.87. The molecule has 174 valence electrons. The van der Waals surface area contributed by atoms with E-state index in [1.54, 1.807) is 0 Å². The maximum absolute atomic E-state index is 14.8. The molecule has 0 saturated heterocycles. The lowest BCUT2D eigenvalue weighted by molar-refractivity contribution is 0.302. The van der Waals surface area contributed by atoms with Gasteiger partial charge in [0, 0.05) is 0 Å². The predicted octanol–water partition coefficient (Wildman–Crippen LogP) is 8.88. The second-order valence-electron chi connectivity index (χ2n) is 8.37. The first-order valence-corrected chi connectivity index (χ1v) is 11.0. The molecule has 1 nitrogen and oxygen atoms in total. The molecule has 1 aliphatic rings. The van der Waals surface area contributed by atoms with Gasteiger partial charge in [0.1, 0.15) is 11.6 Å². The van der Waals surface area contributed by atoms with Crippen LogP contribution in [0.25, 0.3) is 11.1 Å². The summed E-state index contributed by atoms with van der Waals surface area (Å²) in [6.07, 6.45) is 6.13. The molecule has 0 radical (unpaired) electrons. The first-order valence-electron chi connectivity index (χ1n) is 11.0. The van der Waals surface area contributed by atoms with E-state index in [1.807, 2.05) is 0 Å². The van der Waals surface area contributed by atoms with Crippen molar-refractivity contribution < 1.29 is 31.1 Å². The van der Waals surface area contributed by atoms with Crippen LogP contribution in [0.5, 0.6) is 5.75 Å². The molecule has 32 heavy (non-hydrogen) atoms. The van der Waals surface area contributed by atoms with Gasteiger partial charge in [-0.3, -0.25) is 0 Å². The van der Waals surface area contributed by atoms with Crippen LogP contribution >= 0.6 is 0 Å². The quantitative estimate of drug-likeness (QED) is 0.219. The van der Waals surface area contributed by atoms with Crippen LogP contribution in [0.2, 0.25) is 0 Å². The van der Waals surface area contributed by atoms with Gasteiger partial charge in [-0.05, 0) is 72.9 Å². The second-order valence-corrected chi connectivity index (χ2v) is 8.37. The summed E-state index contributed by atoms with van der Waals surface area (Å²) in [5.74, 6) is -4.92. The average Bonchev–Trinajstić information content (AvgIpc) is 2.73. The maximum atomic E-state index is 14.8. The van der Waals surface area contributed by atoms with Gasteiger partial charge in [-0.15, -0.1) is 0 Å². The smallest absolute Gasteiger partial charge is 0.305 e. The van der Waals surface area contributed by atoms with E-state index in [2.05, 4.69) is 11.7 Å². The number of unbranched alkanes of at least 4 members (excludes halogenated alkanes) is 2. The standard InChI is InChI=1S/C25H26F6O/c1-2-3-4-5-15-6-8-16(9-7-15)17-10-19(26)24(20(27)11-17)18-12-21(28)25(22(29)13-18)32-14-23(30)31/h10-16H,2-9H2,1H3. The van der Waals surface area contributed by atoms with Crippen molar-refractivity contribution in [2.45, 2.75) is 64.2 Å². The van der Waals surface area contributed by atoms with Crippen LogP contribution in [0, 0.1) is 29.2 Å². The van der Waals surface area contributed by atoms with Crippen molar-refractivity contribution in [3.05, 3.63) is 65.4 Å². The lowest BCUT2D eigenvalue weighted by Crippen LogP contribution is -2.14. The Morgan fingerprint density at radius 3 is 2.00 bits per heavy atom. The van der Waals surface area contributed by atoms with Crippen LogP contribution in [0.3, 0.4) is 0 Å². The van der Waals surface area contributed by atoms with E-state index in [0.717, 1.165) is 25.7 Å². The van der Waals surface area contributed by atoms with Crippen molar-refractivity contribution in [1.82, 2.24) is 0 Å². The molecule has 1 saturated carbocycles. The summed E-state index contributed by atoms with van der Waals surface area (Å²) in [7, 11) is 0. The van der Waals surface area contributed by atoms with Crippen LogP contribution < -0.4 is 4.74 Å². The first-order chi connectivity index (χ1) is 15.3.